The van der Waals surface area contributed by atoms with E-state index in [1.165, 1.54) is 24.3 Å². The quantitative estimate of drug-likeness (QED) is 0.840. The van der Waals surface area contributed by atoms with Gasteiger partial charge in [0.2, 0.25) is 5.91 Å². The van der Waals surface area contributed by atoms with Gasteiger partial charge >= 0.3 is 6.55 Å². The van der Waals surface area contributed by atoms with E-state index in [0.717, 1.165) is 11.0 Å². The number of alkyl halides is 2. The lowest BCUT2D eigenvalue weighted by Crippen LogP contribution is -2.41. The monoisotopic (exact) mass is 260 g/mol. The minimum absolute atomic E-state index is 0.0214. The molecule has 0 spiro atoms. The van der Waals surface area contributed by atoms with Crippen molar-refractivity contribution < 1.29 is 13.6 Å². The summed E-state index contributed by atoms with van der Waals surface area (Å²) < 4.78 is 25.9. The fourth-order valence-corrected chi connectivity index (χ4v) is 1.65. The molecular weight excluding hydrogens is 242 g/mol. The molecule has 0 aliphatic carbocycles. The number of nitrogens with zero attached hydrogens (tertiary/aromatic N) is 3. The summed E-state index contributed by atoms with van der Waals surface area (Å²) in [6, 6.07) is -0.588. The van der Waals surface area contributed by atoms with E-state index in [9.17, 15) is 13.6 Å². The number of hydrogen-bond donors (Lipinski definition) is 1. The molecule has 2 N–H and O–H groups in total. The van der Waals surface area contributed by atoms with Gasteiger partial charge in [-0.1, -0.05) is 13.3 Å². The number of amides is 1. The molecule has 1 atom stereocenters. The summed E-state index contributed by atoms with van der Waals surface area (Å²) in [6.45, 7) is -0.708. The van der Waals surface area contributed by atoms with E-state index in [4.69, 9.17) is 5.73 Å². The molecule has 1 amide bonds. The number of aromatic nitrogens is 2. The van der Waals surface area contributed by atoms with E-state index in [-0.39, 0.29) is 18.3 Å². The van der Waals surface area contributed by atoms with Crippen molar-refractivity contribution in [3.8, 4) is 0 Å². The van der Waals surface area contributed by atoms with Gasteiger partial charge in [0, 0.05) is 19.4 Å². The summed E-state index contributed by atoms with van der Waals surface area (Å²) in [5.41, 5.74) is 5.69. The van der Waals surface area contributed by atoms with Crippen LogP contribution in [0.5, 0.6) is 0 Å². The van der Waals surface area contributed by atoms with Gasteiger partial charge in [-0.3, -0.25) is 9.36 Å². The lowest BCUT2D eigenvalue weighted by Gasteiger charge is -2.21. The molecule has 0 radical (unpaired) electrons. The zero-order chi connectivity index (χ0) is 13.7. The molecule has 0 aliphatic heterocycles. The number of rotatable bonds is 6. The van der Waals surface area contributed by atoms with Crippen LogP contribution >= 0.6 is 0 Å². The van der Waals surface area contributed by atoms with Crippen LogP contribution in [0.4, 0.5) is 8.78 Å². The van der Waals surface area contributed by atoms with Crippen molar-refractivity contribution in [2.75, 3.05) is 7.05 Å². The van der Waals surface area contributed by atoms with E-state index in [0.29, 0.717) is 6.42 Å². The first kappa shape index (κ1) is 14.6. The standard InChI is InChI=1S/C11H18F2N4O/c1-3-4-8(14)10(18)16(2)7-9-15-5-6-17(9)11(12)13/h5-6,8,11H,3-4,7,14H2,1-2H3. The number of halogens is 2. The molecule has 0 fully saturated rings. The summed E-state index contributed by atoms with van der Waals surface area (Å²) in [6.07, 6.45) is 3.84. The Morgan fingerprint density at radius 2 is 2.28 bits per heavy atom. The van der Waals surface area contributed by atoms with E-state index >= 15 is 0 Å². The second kappa shape index (κ2) is 6.44. The van der Waals surface area contributed by atoms with Gasteiger partial charge in [-0.05, 0) is 6.42 Å². The summed E-state index contributed by atoms with van der Waals surface area (Å²) in [7, 11) is 1.53. The third kappa shape index (κ3) is 3.49. The lowest BCUT2D eigenvalue weighted by atomic mass is 10.1. The molecule has 1 aromatic heterocycles. The summed E-state index contributed by atoms with van der Waals surface area (Å²) in [5.74, 6) is -0.120. The highest BCUT2D eigenvalue weighted by atomic mass is 19.3. The molecule has 0 bridgehead atoms. The van der Waals surface area contributed by atoms with E-state index in [1.807, 2.05) is 6.92 Å². The van der Waals surface area contributed by atoms with Crippen LogP contribution in [0.15, 0.2) is 12.4 Å². The summed E-state index contributed by atoms with van der Waals surface area (Å²) in [5, 5.41) is 0. The largest absolute Gasteiger partial charge is 0.337 e. The van der Waals surface area contributed by atoms with Crippen LogP contribution in [0.1, 0.15) is 32.1 Å². The molecule has 5 nitrogen and oxygen atoms in total. The van der Waals surface area contributed by atoms with Crippen LogP contribution in [0.3, 0.4) is 0 Å². The number of likely N-dealkylation sites (N-methyl/N-ethyl adjacent to an activating group) is 1. The Morgan fingerprint density at radius 3 is 2.83 bits per heavy atom. The van der Waals surface area contributed by atoms with Crippen molar-refractivity contribution in [1.82, 2.24) is 14.5 Å². The first-order valence-electron chi connectivity index (χ1n) is 5.77. The zero-order valence-electron chi connectivity index (χ0n) is 10.5. The molecule has 0 saturated carbocycles. The van der Waals surface area contributed by atoms with E-state index in [2.05, 4.69) is 4.98 Å². The molecule has 0 aromatic carbocycles. The molecule has 1 rings (SSSR count). The normalized spacial score (nSPS) is 12.8. The van der Waals surface area contributed by atoms with Crippen LogP contribution in [-0.4, -0.2) is 33.4 Å². The van der Waals surface area contributed by atoms with Crippen LogP contribution < -0.4 is 5.73 Å². The molecule has 18 heavy (non-hydrogen) atoms. The average Bonchev–Trinajstić information content (AvgIpc) is 2.76. The Hall–Kier alpha value is -1.50. The van der Waals surface area contributed by atoms with Gasteiger partial charge in [-0.15, -0.1) is 0 Å². The van der Waals surface area contributed by atoms with Gasteiger partial charge in [0.25, 0.3) is 0 Å². The van der Waals surface area contributed by atoms with Crippen molar-refractivity contribution in [1.29, 1.82) is 0 Å². The van der Waals surface area contributed by atoms with Gasteiger partial charge < -0.3 is 10.6 Å². The zero-order valence-corrected chi connectivity index (χ0v) is 10.5. The Labute approximate surface area is 105 Å². The van der Waals surface area contributed by atoms with Crippen molar-refractivity contribution >= 4 is 5.91 Å². The SMILES string of the molecule is CCCC(N)C(=O)N(C)Cc1nccn1C(F)F. The Bertz CT molecular complexity index is 394. The first-order valence-corrected chi connectivity index (χ1v) is 5.77. The summed E-state index contributed by atoms with van der Waals surface area (Å²) >= 11 is 0. The second-order valence-electron chi connectivity index (χ2n) is 4.12. The Morgan fingerprint density at radius 1 is 1.61 bits per heavy atom. The topological polar surface area (TPSA) is 64.2 Å². The van der Waals surface area contributed by atoms with Crippen molar-refractivity contribution in [3.05, 3.63) is 18.2 Å². The molecule has 102 valence electrons. The minimum Gasteiger partial charge on any atom is -0.337 e. The molecule has 0 aliphatic rings. The highest BCUT2D eigenvalue weighted by Gasteiger charge is 2.20. The lowest BCUT2D eigenvalue weighted by molar-refractivity contribution is -0.132. The predicted molar refractivity (Wildman–Crippen MR) is 62.8 cm³/mol. The number of hydrogen-bond acceptors (Lipinski definition) is 3. The number of imidazole rings is 1. The Kier molecular flexibility index (Phi) is 5.21. The van der Waals surface area contributed by atoms with Gasteiger partial charge in [-0.25, -0.2) is 4.98 Å². The fraction of sp³-hybridized carbons (Fsp3) is 0.636. The van der Waals surface area contributed by atoms with Crippen LogP contribution in [-0.2, 0) is 11.3 Å². The van der Waals surface area contributed by atoms with Crippen molar-refractivity contribution in [2.45, 2.75) is 38.9 Å². The van der Waals surface area contributed by atoms with Crippen molar-refractivity contribution in [3.63, 3.8) is 0 Å². The summed E-state index contributed by atoms with van der Waals surface area (Å²) in [4.78, 5) is 17.0. The van der Waals surface area contributed by atoms with Gasteiger partial charge in [0.1, 0.15) is 5.82 Å². The molecule has 0 saturated heterocycles. The van der Waals surface area contributed by atoms with Crippen molar-refractivity contribution in [2.24, 2.45) is 5.73 Å². The molecule has 1 heterocycles. The number of carbonyl (C=O) groups excluding carboxylic acids is 1. The van der Waals surface area contributed by atoms with Gasteiger partial charge in [0.15, 0.2) is 0 Å². The van der Waals surface area contributed by atoms with Gasteiger partial charge in [0.05, 0.1) is 12.6 Å². The second-order valence-corrected chi connectivity index (χ2v) is 4.12. The number of nitrogens with two attached hydrogens (primary N) is 1. The smallest absolute Gasteiger partial charge is 0.319 e. The molecular formula is C11H18F2N4O. The third-order valence-electron chi connectivity index (χ3n) is 2.63. The Balaban J connectivity index is 2.66. The molecule has 1 unspecified atom stereocenters. The highest BCUT2D eigenvalue weighted by molar-refractivity contribution is 5.81. The maximum Gasteiger partial charge on any atom is 0.319 e. The van der Waals surface area contributed by atoms with Gasteiger partial charge in [-0.2, -0.15) is 8.78 Å². The minimum atomic E-state index is -2.66. The first-order chi connectivity index (χ1) is 8.47. The van der Waals surface area contributed by atoms with E-state index in [1.54, 1.807) is 0 Å². The molecule has 1 aromatic rings. The fourth-order valence-electron chi connectivity index (χ4n) is 1.65. The van der Waals surface area contributed by atoms with Crippen LogP contribution in [0.25, 0.3) is 0 Å². The predicted octanol–water partition coefficient (Wildman–Crippen LogP) is 1.36. The van der Waals surface area contributed by atoms with Crippen LogP contribution in [0, 0.1) is 0 Å². The van der Waals surface area contributed by atoms with E-state index < -0.39 is 12.6 Å². The number of carbonyl (C=O) groups is 1. The maximum atomic E-state index is 12.6. The third-order valence-corrected chi connectivity index (χ3v) is 2.63. The highest BCUT2D eigenvalue weighted by Crippen LogP contribution is 2.13. The molecule has 7 heteroatoms. The average molecular weight is 260 g/mol. The maximum absolute atomic E-state index is 12.6. The van der Waals surface area contributed by atoms with Crippen LogP contribution in [0.2, 0.25) is 0 Å².